The molecule has 7 nitrogen and oxygen atoms in total. The number of pyridine rings is 1. The standard InChI is InChI=1S/C26H31N5O2/c1-17-7-8-28-23(11-17)24(20-5-6-20)29-25(32)21-12-19(15-31-10-9-30(2)26(31)27)13-22(14-21)33-16-18-3-4-18/h7-14,18,20,24,27H,3-6,15-16H2,1-2H3,(H,29,32)/t24-/m0/s1. The molecule has 33 heavy (non-hydrogen) atoms. The van der Waals surface area contributed by atoms with Crippen molar-refractivity contribution in [2.45, 2.75) is 45.2 Å². The summed E-state index contributed by atoms with van der Waals surface area (Å²) >= 11 is 0. The fourth-order valence-corrected chi connectivity index (χ4v) is 4.13. The molecular weight excluding hydrogens is 414 g/mol. The number of carbonyl (C=O) groups is 1. The number of carbonyl (C=O) groups excluding carboxylic acids is 1. The molecule has 0 saturated heterocycles. The molecule has 3 aromatic rings. The van der Waals surface area contributed by atoms with E-state index in [9.17, 15) is 4.79 Å². The van der Waals surface area contributed by atoms with Gasteiger partial charge in [0.15, 0.2) is 0 Å². The van der Waals surface area contributed by atoms with Gasteiger partial charge in [-0.05, 0) is 85.9 Å². The van der Waals surface area contributed by atoms with Crippen LogP contribution in [0, 0.1) is 24.2 Å². The summed E-state index contributed by atoms with van der Waals surface area (Å²) in [5.74, 6) is 1.66. The highest BCUT2D eigenvalue weighted by Crippen LogP contribution is 2.40. The van der Waals surface area contributed by atoms with Gasteiger partial charge in [0.25, 0.3) is 5.91 Å². The van der Waals surface area contributed by atoms with Gasteiger partial charge < -0.3 is 19.2 Å². The molecule has 172 valence electrons. The van der Waals surface area contributed by atoms with Crippen LogP contribution in [0.2, 0.25) is 0 Å². The molecule has 2 heterocycles. The molecule has 7 heteroatoms. The molecular formula is C26H31N5O2. The maximum Gasteiger partial charge on any atom is 0.251 e. The van der Waals surface area contributed by atoms with Gasteiger partial charge in [0.05, 0.1) is 24.9 Å². The van der Waals surface area contributed by atoms with E-state index < -0.39 is 0 Å². The molecule has 1 amide bonds. The van der Waals surface area contributed by atoms with Gasteiger partial charge in [-0.15, -0.1) is 0 Å². The van der Waals surface area contributed by atoms with Crippen molar-refractivity contribution < 1.29 is 9.53 Å². The summed E-state index contributed by atoms with van der Waals surface area (Å²) < 4.78 is 9.66. The number of benzene rings is 1. The SMILES string of the molecule is Cc1ccnc([C@@H](NC(=O)c2cc(Cn3ccn(C)c3=N)cc(OCC3CC3)c2)C2CC2)c1. The molecule has 0 bridgehead atoms. The van der Waals surface area contributed by atoms with Crippen molar-refractivity contribution in [3.63, 3.8) is 0 Å². The Kier molecular flexibility index (Phi) is 5.79. The van der Waals surface area contributed by atoms with Crippen molar-refractivity contribution in [3.8, 4) is 5.75 Å². The zero-order chi connectivity index (χ0) is 22.9. The quantitative estimate of drug-likeness (QED) is 0.526. The van der Waals surface area contributed by atoms with E-state index >= 15 is 0 Å². The molecule has 1 atom stereocenters. The first kappa shape index (κ1) is 21.5. The predicted molar refractivity (Wildman–Crippen MR) is 125 cm³/mol. The molecule has 2 fully saturated rings. The maximum atomic E-state index is 13.4. The maximum absolute atomic E-state index is 13.4. The predicted octanol–water partition coefficient (Wildman–Crippen LogP) is 3.73. The van der Waals surface area contributed by atoms with Gasteiger partial charge in [0.1, 0.15) is 5.75 Å². The van der Waals surface area contributed by atoms with Crippen LogP contribution >= 0.6 is 0 Å². The Balaban J connectivity index is 1.41. The third-order valence-electron chi connectivity index (χ3n) is 6.48. The van der Waals surface area contributed by atoms with E-state index in [1.807, 2.05) is 61.4 Å². The molecule has 2 aliphatic rings. The molecule has 0 unspecified atom stereocenters. The largest absolute Gasteiger partial charge is 0.493 e. The summed E-state index contributed by atoms with van der Waals surface area (Å²) in [4.78, 5) is 17.9. The molecule has 0 aliphatic heterocycles. The molecule has 2 saturated carbocycles. The monoisotopic (exact) mass is 445 g/mol. The van der Waals surface area contributed by atoms with Gasteiger partial charge in [-0.2, -0.15) is 0 Å². The van der Waals surface area contributed by atoms with Crippen LogP contribution in [0.15, 0.2) is 48.9 Å². The Hall–Kier alpha value is -3.35. The first-order valence-corrected chi connectivity index (χ1v) is 11.7. The van der Waals surface area contributed by atoms with Crippen LogP contribution in [0.25, 0.3) is 0 Å². The molecule has 0 spiro atoms. The van der Waals surface area contributed by atoms with Crippen LogP contribution in [0.5, 0.6) is 5.75 Å². The number of aromatic nitrogens is 3. The van der Waals surface area contributed by atoms with Crippen LogP contribution in [-0.2, 0) is 13.6 Å². The second-order valence-electron chi connectivity index (χ2n) is 9.53. The van der Waals surface area contributed by atoms with Gasteiger partial charge in [-0.3, -0.25) is 15.2 Å². The van der Waals surface area contributed by atoms with Crippen LogP contribution in [0.3, 0.4) is 0 Å². The number of nitrogens with zero attached hydrogens (tertiary/aromatic N) is 3. The molecule has 2 N–H and O–H groups in total. The van der Waals surface area contributed by atoms with E-state index in [1.165, 1.54) is 12.8 Å². The normalized spacial score (nSPS) is 16.4. The molecule has 0 radical (unpaired) electrons. The van der Waals surface area contributed by atoms with Crippen LogP contribution in [-0.4, -0.2) is 26.6 Å². The highest BCUT2D eigenvalue weighted by atomic mass is 16.5. The number of nitrogens with one attached hydrogen (secondary N) is 2. The van der Waals surface area contributed by atoms with E-state index in [0.717, 1.165) is 29.7 Å². The number of amides is 1. The first-order chi connectivity index (χ1) is 16.0. The van der Waals surface area contributed by atoms with Crippen LogP contribution in [0.1, 0.15) is 58.9 Å². The molecule has 5 rings (SSSR count). The van der Waals surface area contributed by atoms with E-state index in [4.69, 9.17) is 10.1 Å². The van der Waals surface area contributed by atoms with Crippen molar-refractivity contribution in [1.82, 2.24) is 19.4 Å². The number of rotatable bonds is 9. The number of aryl methyl sites for hydroxylation is 2. The Morgan fingerprint density at radius 2 is 2.03 bits per heavy atom. The molecule has 2 aromatic heterocycles. The second-order valence-corrected chi connectivity index (χ2v) is 9.53. The van der Waals surface area contributed by atoms with E-state index in [2.05, 4.69) is 16.4 Å². The number of hydrogen-bond donors (Lipinski definition) is 2. The smallest absolute Gasteiger partial charge is 0.251 e. The van der Waals surface area contributed by atoms with Crippen molar-refractivity contribution in [1.29, 1.82) is 5.41 Å². The van der Waals surface area contributed by atoms with E-state index in [1.54, 1.807) is 4.57 Å². The summed E-state index contributed by atoms with van der Waals surface area (Å²) in [6.07, 6.45) is 10.2. The lowest BCUT2D eigenvalue weighted by molar-refractivity contribution is 0.0930. The van der Waals surface area contributed by atoms with Crippen molar-refractivity contribution in [3.05, 3.63) is 76.9 Å². The Morgan fingerprint density at radius 3 is 2.70 bits per heavy atom. The van der Waals surface area contributed by atoms with Gasteiger partial charge in [-0.25, -0.2) is 0 Å². The average molecular weight is 446 g/mol. The van der Waals surface area contributed by atoms with Gasteiger partial charge in [-0.1, -0.05) is 0 Å². The Morgan fingerprint density at radius 1 is 1.21 bits per heavy atom. The highest BCUT2D eigenvalue weighted by molar-refractivity contribution is 5.95. The minimum atomic E-state index is -0.113. The zero-order valence-electron chi connectivity index (χ0n) is 19.3. The highest BCUT2D eigenvalue weighted by Gasteiger charge is 2.34. The lowest BCUT2D eigenvalue weighted by atomic mass is 10.0. The average Bonchev–Trinajstić information content (AvgIpc) is 3.72. The third kappa shape index (κ3) is 5.18. The second kappa shape index (κ2) is 8.89. The minimum absolute atomic E-state index is 0.0831. The molecule has 1 aromatic carbocycles. The summed E-state index contributed by atoms with van der Waals surface area (Å²) in [5, 5.41) is 11.5. The Bertz CT molecular complexity index is 1220. The number of hydrogen-bond acceptors (Lipinski definition) is 4. The van der Waals surface area contributed by atoms with Crippen LogP contribution < -0.4 is 15.7 Å². The third-order valence-corrected chi connectivity index (χ3v) is 6.48. The summed E-state index contributed by atoms with van der Waals surface area (Å²) in [5.41, 5.74) is 3.99. The summed E-state index contributed by atoms with van der Waals surface area (Å²) in [7, 11) is 1.85. The van der Waals surface area contributed by atoms with E-state index in [-0.39, 0.29) is 11.9 Å². The van der Waals surface area contributed by atoms with Crippen LogP contribution in [0.4, 0.5) is 0 Å². The zero-order valence-corrected chi connectivity index (χ0v) is 19.3. The fraction of sp³-hybridized carbons (Fsp3) is 0.423. The molecule has 2 aliphatic carbocycles. The van der Waals surface area contributed by atoms with Crippen molar-refractivity contribution >= 4 is 5.91 Å². The number of imidazole rings is 1. The van der Waals surface area contributed by atoms with Gasteiger partial charge in [0.2, 0.25) is 5.62 Å². The van der Waals surface area contributed by atoms with Crippen molar-refractivity contribution in [2.75, 3.05) is 6.61 Å². The lowest BCUT2D eigenvalue weighted by Crippen LogP contribution is -2.30. The number of ether oxygens (including phenoxy) is 1. The topological polar surface area (TPSA) is 84.9 Å². The van der Waals surface area contributed by atoms with E-state index in [0.29, 0.717) is 41.9 Å². The van der Waals surface area contributed by atoms with Gasteiger partial charge in [0, 0.05) is 31.2 Å². The van der Waals surface area contributed by atoms with Crippen molar-refractivity contribution in [2.24, 2.45) is 18.9 Å². The first-order valence-electron chi connectivity index (χ1n) is 11.7. The Labute approximate surface area is 193 Å². The van der Waals surface area contributed by atoms with Gasteiger partial charge >= 0.3 is 0 Å². The lowest BCUT2D eigenvalue weighted by Gasteiger charge is -2.19. The summed E-state index contributed by atoms with van der Waals surface area (Å²) in [6, 6.07) is 9.69. The fourth-order valence-electron chi connectivity index (χ4n) is 4.13. The minimum Gasteiger partial charge on any atom is -0.493 e. The summed E-state index contributed by atoms with van der Waals surface area (Å²) in [6.45, 7) is 3.24.